The molecule has 2 heterocycles. The minimum Gasteiger partial charge on any atom is -0.444 e. The zero-order valence-electron chi connectivity index (χ0n) is 18.0. The molecular weight excluding hydrogens is 364 g/mol. The summed E-state index contributed by atoms with van der Waals surface area (Å²) in [6.07, 6.45) is -0.669. The summed E-state index contributed by atoms with van der Waals surface area (Å²) in [5.41, 5.74) is -1.41. The van der Waals surface area contributed by atoms with Gasteiger partial charge in [0.15, 0.2) is 0 Å². The fraction of sp³-hybridized carbons (Fsp3) is 0.895. The van der Waals surface area contributed by atoms with Crippen LogP contribution in [-0.2, 0) is 14.2 Å². The quantitative estimate of drug-likeness (QED) is 0.724. The average Bonchev–Trinajstić information content (AvgIpc) is 2.80. The van der Waals surface area contributed by atoms with Crippen molar-refractivity contribution in [3.05, 3.63) is 0 Å². The topological polar surface area (TPSA) is 92.4 Å². The maximum Gasteiger partial charge on any atom is 0.412 e. The van der Waals surface area contributed by atoms with E-state index >= 15 is 0 Å². The second-order valence-electron chi connectivity index (χ2n) is 8.78. The Kier molecular flexibility index (Phi) is 7.52. The Morgan fingerprint density at radius 2 is 1.82 bits per heavy atom. The molecule has 2 N–H and O–H groups in total. The highest BCUT2D eigenvalue weighted by Crippen LogP contribution is 2.33. The molecule has 0 aliphatic carbocycles. The number of carbonyl (C=O) groups is 2. The largest absolute Gasteiger partial charge is 0.444 e. The van der Waals surface area contributed by atoms with Crippen LogP contribution in [0.2, 0.25) is 0 Å². The Labute approximate surface area is 168 Å². The van der Waals surface area contributed by atoms with Crippen molar-refractivity contribution in [2.75, 3.05) is 45.9 Å². The third-order valence-electron chi connectivity index (χ3n) is 4.81. The molecule has 0 saturated carbocycles. The van der Waals surface area contributed by atoms with E-state index in [0.717, 1.165) is 32.8 Å². The summed E-state index contributed by atoms with van der Waals surface area (Å²) >= 11 is 0. The van der Waals surface area contributed by atoms with Crippen LogP contribution in [0.5, 0.6) is 0 Å². The van der Waals surface area contributed by atoms with Gasteiger partial charge in [-0.05, 0) is 41.5 Å². The maximum atomic E-state index is 12.7. The predicted octanol–water partition coefficient (Wildman–Crippen LogP) is 1.38. The minimum absolute atomic E-state index is 0.226. The van der Waals surface area contributed by atoms with Gasteiger partial charge in [0.25, 0.3) is 0 Å². The number of hydrogen-bond donors (Lipinski definition) is 2. The molecule has 0 spiro atoms. The number of amides is 3. The van der Waals surface area contributed by atoms with Crippen LogP contribution in [0, 0.1) is 0 Å². The van der Waals surface area contributed by atoms with Crippen molar-refractivity contribution >= 4 is 12.1 Å². The molecule has 9 heteroatoms. The van der Waals surface area contributed by atoms with Crippen LogP contribution in [0.3, 0.4) is 0 Å². The number of hydrogen-bond acceptors (Lipinski definition) is 6. The van der Waals surface area contributed by atoms with E-state index in [-0.39, 0.29) is 24.7 Å². The van der Waals surface area contributed by atoms with Crippen molar-refractivity contribution in [3.8, 4) is 0 Å². The summed E-state index contributed by atoms with van der Waals surface area (Å²) in [5, 5.41) is 5.72. The Hall–Kier alpha value is -1.58. The highest BCUT2D eigenvalue weighted by Gasteiger charge is 2.49. The van der Waals surface area contributed by atoms with E-state index in [1.54, 1.807) is 4.90 Å². The van der Waals surface area contributed by atoms with Crippen LogP contribution >= 0.6 is 0 Å². The van der Waals surface area contributed by atoms with E-state index < -0.39 is 17.4 Å². The van der Waals surface area contributed by atoms with Crippen molar-refractivity contribution in [2.45, 2.75) is 65.0 Å². The molecule has 0 radical (unpaired) electrons. The zero-order valence-corrected chi connectivity index (χ0v) is 18.0. The standard InChI is InChI=1S/C19H36N4O5/c1-14-15(23(19(5,6)27-14)17(25)28-18(2,3)4)13-21-16(24)20-7-8-22-9-11-26-12-10-22/h14-15H,7-13H2,1-6H3,(H2,20,21,24)/t14-,15+/m1/s1. The SMILES string of the molecule is C[C@H]1OC(C)(C)N(C(=O)OC(C)(C)C)[C@H]1CNC(=O)NCCN1CCOCC1. The van der Waals surface area contributed by atoms with Crippen molar-refractivity contribution in [3.63, 3.8) is 0 Å². The molecule has 162 valence electrons. The smallest absolute Gasteiger partial charge is 0.412 e. The van der Waals surface area contributed by atoms with Gasteiger partial charge >= 0.3 is 12.1 Å². The van der Waals surface area contributed by atoms with Gasteiger partial charge in [0.05, 0.1) is 25.4 Å². The van der Waals surface area contributed by atoms with Crippen LogP contribution in [0.4, 0.5) is 9.59 Å². The van der Waals surface area contributed by atoms with E-state index in [2.05, 4.69) is 15.5 Å². The van der Waals surface area contributed by atoms with Crippen LogP contribution < -0.4 is 10.6 Å². The lowest BCUT2D eigenvalue weighted by Gasteiger charge is -2.35. The predicted molar refractivity (Wildman–Crippen MR) is 105 cm³/mol. The first-order chi connectivity index (χ1) is 13.0. The van der Waals surface area contributed by atoms with Crippen molar-refractivity contribution in [1.82, 2.24) is 20.4 Å². The van der Waals surface area contributed by atoms with Crippen molar-refractivity contribution in [2.24, 2.45) is 0 Å². The molecule has 0 unspecified atom stereocenters. The number of ether oxygens (including phenoxy) is 3. The fourth-order valence-corrected chi connectivity index (χ4v) is 3.54. The summed E-state index contributed by atoms with van der Waals surface area (Å²) in [5.74, 6) is 0. The molecule has 28 heavy (non-hydrogen) atoms. The molecule has 0 aromatic rings. The normalized spacial score (nSPS) is 25.4. The summed E-state index contributed by atoms with van der Waals surface area (Å²) in [6.45, 7) is 15.9. The van der Waals surface area contributed by atoms with E-state index in [1.165, 1.54) is 0 Å². The lowest BCUT2D eigenvalue weighted by Crippen LogP contribution is -2.54. The second kappa shape index (κ2) is 9.28. The molecule has 2 fully saturated rings. The molecule has 9 nitrogen and oxygen atoms in total. The Bertz CT molecular complexity index is 543. The number of nitrogens with zero attached hydrogens (tertiary/aromatic N) is 2. The molecule has 0 bridgehead atoms. The Morgan fingerprint density at radius 1 is 1.18 bits per heavy atom. The molecule has 2 atom stereocenters. The highest BCUT2D eigenvalue weighted by atomic mass is 16.6. The van der Waals surface area contributed by atoms with Gasteiger partial charge in [0.1, 0.15) is 11.3 Å². The van der Waals surface area contributed by atoms with Crippen molar-refractivity contribution < 1.29 is 23.8 Å². The van der Waals surface area contributed by atoms with Crippen LogP contribution in [0.1, 0.15) is 41.5 Å². The first-order valence-electron chi connectivity index (χ1n) is 10.0. The fourth-order valence-electron chi connectivity index (χ4n) is 3.54. The second-order valence-corrected chi connectivity index (χ2v) is 8.78. The highest BCUT2D eigenvalue weighted by molar-refractivity contribution is 5.74. The molecule has 3 amide bonds. The molecule has 2 aliphatic heterocycles. The number of urea groups is 1. The molecule has 0 aromatic carbocycles. The third kappa shape index (κ3) is 6.49. The lowest BCUT2D eigenvalue weighted by atomic mass is 10.1. The average molecular weight is 401 g/mol. The van der Waals surface area contributed by atoms with Gasteiger partial charge in [-0.25, -0.2) is 9.59 Å². The molecule has 2 rings (SSSR count). The van der Waals surface area contributed by atoms with Gasteiger partial charge in [-0.3, -0.25) is 9.80 Å². The van der Waals surface area contributed by atoms with E-state index in [0.29, 0.717) is 6.54 Å². The summed E-state index contributed by atoms with van der Waals surface area (Å²) in [6, 6.07) is -0.566. The third-order valence-corrected chi connectivity index (χ3v) is 4.81. The minimum atomic E-state index is -0.805. The first kappa shape index (κ1) is 22.7. The number of morpholine rings is 1. The lowest BCUT2D eigenvalue weighted by molar-refractivity contribution is -0.0756. The van der Waals surface area contributed by atoms with Crippen LogP contribution in [0.25, 0.3) is 0 Å². The number of carbonyl (C=O) groups excluding carboxylic acids is 2. The Morgan fingerprint density at radius 3 is 2.43 bits per heavy atom. The molecule has 2 aliphatic rings. The van der Waals surface area contributed by atoms with Gasteiger partial charge in [0, 0.05) is 32.7 Å². The summed E-state index contributed by atoms with van der Waals surface area (Å²) in [4.78, 5) is 28.7. The monoisotopic (exact) mass is 400 g/mol. The van der Waals surface area contributed by atoms with E-state index in [9.17, 15) is 9.59 Å². The van der Waals surface area contributed by atoms with Gasteiger partial charge in [-0.2, -0.15) is 0 Å². The Balaban J connectivity index is 1.83. The summed E-state index contributed by atoms with van der Waals surface area (Å²) < 4.78 is 16.8. The van der Waals surface area contributed by atoms with Crippen molar-refractivity contribution in [1.29, 1.82) is 0 Å². The first-order valence-corrected chi connectivity index (χ1v) is 10.0. The number of nitrogens with one attached hydrogen (secondary N) is 2. The van der Waals surface area contributed by atoms with E-state index in [1.807, 2.05) is 41.5 Å². The molecule has 0 aromatic heterocycles. The van der Waals surface area contributed by atoms with E-state index in [4.69, 9.17) is 14.2 Å². The van der Waals surface area contributed by atoms with Gasteiger partial charge in [0.2, 0.25) is 0 Å². The summed E-state index contributed by atoms with van der Waals surface area (Å²) in [7, 11) is 0. The number of rotatable bonds is 5. The maximum absolute atomic E-state index is 12.7. The van der Waals surface area contributed by atoms with Crippen LogP contribution in [-0.4, -0.2) is 91.3 Å². The van der Waals surface area contributed by atoms with Crippen LogP contribution in [0.15, 0.2) is 0 Å². The van der Waals surface area contributed by atoms with Gasteiger partial charge < -0.3 is 24.8 Å². The zero-order chi connectivity index (χ0) is 20.9. The molecular formula is C19H36N4O5. The van der Waals surface area contributed by atoms with Gasteiger partial charge in [-0.15, -0.1) is 0 Å². The van der Waals surface area contributed by atoms with Gasteiger partial charge in [-0.1, -0.05) is 0 Å². The molecule has 2 saturated heterocycles.